The van der Waals surface area contributed by atoms with E-state index in [9.17, 15) is 5.21 Å². The van der Waals surface area contributed by atoms with E-state index in [1.54, 1.807) is 14.1 Å². The Morgan fingerprint density at radius 3 is 2.46 bits per heavy atom. The van der Waals surface area contributed by atoms with Crippen LogP contribution in [-0.2, 0) is 9.88 Å². The van der Waals surface area contributed by atoms with Crippen molar-refractivity contribution in [1.82, 2.24) is 10.9 Å². The summed E-state index contributed by atoms with van der Waals surface area (Å²) in [5.41, 5.74) is 2.23. The van der Waals surface area contributed by atoms with Gasteiger partial charge in [-0.15, -0.1) is 0 Å². The highest BCUT2D eigenvalue weighted by atomic mass is 17.2. The summed E-state index contributed by atoms with van der Waals surface area (Å²) in [6.07, 6.45) is 0.917. The molecule has 0 aromatic carbocycles. The Balaban J connectivity index is 3.99. The third-order valence-corrected chi connectivity index (χ3v) is 2.10. The number of hydrogen-bond donors (Lipinski definition) is 1. The Labute approximate surface area is 79.0 Å². The van der Waals surface area contributed by atoms with Gasteiger partial charge in [0.25, 0.3) is 0 Å². The molecule has 0 amide bonds. The summed E-state index contributed by atoms with van der Waals surface area (Å²) < 4.78 is 0.127. The molecule has 0 saturated carbocycles. The number of hydrogen-bond acceptors (Lipinski definition) is 5. The lowest BCUT2D eigenvalue weighted by Gasteiger charge is -2.36. The van der Waals surface area contributed by atoms with Crippen molar-refractivity contribution in [2.75, 3.05) is 21.1 Å². The molecule has 0 bridgehead atoms. The number of hydroxylamine groups is 4. The fourth-order valence-electron chi connectivity index (χ4n) is 0.783. The van der Waals surface area contributed by atoms with Crippen molar-refractivity contribution < 1.29 is 14.5 Å². The van der Waals surface area contributed by atoms with Gasteiger partial charge in [0.05, 0.1) is 0 Å². The average Bonchev–Trinajstić information content (AvgIpc) is 2.02. The minimum absolute atomic E-state index is 0.0617. The highest BCUT2D eigenvalue weighted by molar-refractivity contribution is 4.40. The molecule has 0 rings (SSSR count). The zero-order valence-corrected chi connectivity index (χ0v) is 8.90. The van der Waals surface area contributed by atoms with Crippen molar-refractivity contribution in [3.8, 4) is 0 Å². The van der Waals surface area contributed by atoms with Gasteiger partial charge in [0.2, 0.25) is 0 Å². The second-order valence-corrected chi connectivity index (χ2v) is 3.29. The maximum absolute atomic E-state index is 10.9. The van der Waals surface area contributed by atoms with E-state index < -0.39 is 0 Å². The molecule has 1 unspecified atom stereocenters. The van der Waals surface area contributed by atoms with Crippen LogP contribution in [0.4, 0.5) is 0 Å². The molecular weight excluding hydrogens is 174 g/mol. The minimum atomic E-state index is 0.0617. The van der Waals surface area contributed by atoms with Gasteiger partial charge in [-0.05, 0) is 13.3 Å². The van der Waals surface area contributed by atoms with E-state index >= 15 is 0 Å². The zero-order valence-electron chi connectivity index (χ0n) is 8.90. The number of nitrogens with zero attached hydrogens (tertiary/aromatic N) is 2. The van der Waals surface area contributed by atoms with E-state index in [1.807, 2.05) is 13.8 Å². The minimum Gasteiger partial charge on any atom is -0.732 e. The monoisotopic (exact) mass is 193 g/mol. The first-order valence-electron chi connectivity index (χ1n) is 4.28. The molecule has 0 radical (unpaired) electrons. The Bertz CT molecular complexity index is 143. The van der Waals surface area contributed by atoms with E-state index in [2.05, 4.69) is 10.4 Å². The maximum atomic E-state index is 10.9. The van der Waals surface area contributed by atoms with Crippen LogP contribution in [0.2, 0.25) is 0 Å². The molecule has 0 aliphatic heterocycles. The highest BCUT2D eigenvalue weighted by Gasteiger charge is 2.26. The molecule has 6 nitrogen and oxygen atoms in total. The number of nitrogens with one attached hydrogen (secondary N) is 1. The molecule has 1 atom stereocenters. The predicted octanol–water partition coefficient (Wildman–Crippen LogP) is 0.574. The van der Waals surface area contributed by atoms with E-state index in [0.717, 1.165) is 6.42 Å². The van der Waals surface area contributed by atoms with Gasteiger partial charge in [-0.1, -0.05) is 17.3 Å². The van der Waals surface area contributed by atoms with Crippen LogP contribution in [0.15, 0.2) is 0 Å². The summed E-state index contributed by atoms with van der Waals surface area (Å²) in [4.78, 5) is 9.32. The summed E-state index contributed by atoms with van der Waals surface area (Å²) in [5.74, 6) is 0. The summed E-state index contributed by atoms with van der Waals surface area (Å²) >= 11 is 0. The van der Waals surface area contributed by atoms with Crippen LogP contribution >= 0.6 is 0 Å². The normalized spacial score (nSPS) is 15.0. The van der Waals surface area contributed by atoms with Crippen LogP contribution in [0, 0.1) is 5.21 Å². The van der Waals surface area contributed by atoms with Crippen molar-refractivity contribution in [1.29, 1.82) is 0 Å². The van der Waals surface area contributed by atoms with Gasteiger partial charge in [-0.2, -0.15) is 15.1 Å². The van der Waals surface area contributed by atoms with Gasteiger partial charge in [-0.25, -0.2) is 0 Å². The van der Waals surface area contributed by atoms with Gasteiger partial charge in [-0.3, -0.25) is 0 Å². The van der Waals surface area contributed by atoms with Crippen molar-refractivity contribution in [2.24, 2.45) is 0 Å². The standard InChI is InChI=1S/C7H19N3O3/c1-6-7(2)10(4,5)13-9(11)12-8-3/h7-8H,6H2,1-5H3. The van der Waals surface area contributed by atoms with Crippen LogP contribution < -0.4 is 5.48 Å². The molecule has 0 spiro atoms. The second kappa shape index (κ2) is 5.48. The molecule has 0 aliphatic rings. The fourth-order valence-corrected chi connectivity index (χ4v) is 0.783. The van der Waals surface area contributed by atoms with Gasteiger partial charge < -0.3 is 5.21 Å². The van der Waals surface area contributed by atoms with Crippen LogP contribution in [0.1, 0.15) is 20.3 Å². The highest BCUT2D eigenvalue weighted by Crippen LogP contribution is 2.12. The van der Waals surface area contributed by atoms with Crippen LogP contribution in [0.3, 0.4) is 0 Å². The van der Waals surface area contributed by atoms with Gasteiger partial charge >= 0.3 is 0 Å². The van der Waals surface area contributed by atoms with Gasteiger partial charge in [0.15, 0.2) is 0 Å². The lowest BCUT2D eigenvalue weighted by atomic mass is 10.2. The predicted molar refractivity (Wildman–Crippen MR) is 48.3 cm³/mol. The first-order valence-corrected chi connectivity index (χ1v) is 4.28. The third-order valence-electron chi connectivity index (χ3n) is 2.10. The van der Waals surface area contributed by atoms with Crippen LogP contribution in [-0.4, -0.2) is 37.2 Å². The van der Waals surface area contributed by atoms with Crippen molar-refractivity contribution in [3.05, 3.63) is 5.21 Å². The second-order valence-electron chi connectivity index (χ2n) is 3.29. The van der Waals surface area contributed by atoms with E-state index in [-0.39, 0.29) is 16.1 Å². The molecule has 0 aromatic heterocycles. The van der Waals surface area contributed by atoms with Crippen molar-refractivity contribution in [3.63, 3.8) is 0 Å². The molecule has 0 heterocycles. The molecule has 0 saturated heterocycles. The van der Waals surface area contributed by atoms with Crippen molar-refractivity contribution in [2.45, 2.75) is 26.3 Å². The zero-order chi connectivity index (χ0) is 10.5. The molecule has 80 valence electrons. The average molecular weight is 193 g/mol. The first kappa shape index (κ1) is 12.8. The smallest absolute Gasteiger partial charge is 0.117 e. The Kier molecular flexibility index (Phi) is 5.38. The number of quaternary nitrogens is 1. The topological polar surface area (TPSA) is 56.8 Å². The van der Waals surface area contributed by atoms with E-state index in [4.69, 9.17) is 4.94 Å². The molecule has 1 N–H and O–H groups in total. The molecule has 0 aliphatic carbocycles. The van der Waals surface area contributed by atoms with E-state index in [1.165, 1.54) is 7.05 Å². The van der Waals surface area contributed by atoms with Gasteiger partial charge in [0.1, 0.15) is 20.1 Å². The van der Waals surface area contributed by atoms with Crippen LogP contribution in [0.5, 0.6) is 0 Å². The Morgan fingerprint density at radius 2 is 2.08 bits per heavy atom. The summed E-state index contributed by atoms with van der Waals surface area (Å²) in [6, 6.07) is 0.219. The summed E-state index contributed by atoms with van der Waals surface area (Å²) in [5, 5.41) is 10.9. The molecule has 6 heteroatoms. The van der Waals surface area contributed by atoms with Crippen LogP contribution in [0.25, 0.3) is 0 Å². The largest absolute Gasteiger partial charge is 0.732 e. The number of rotatable bonds is 6. The molecule has 0 aromatic rings. The molecule has 0 fully saturated rings. The lowest BCUT2D eigenvalue weighted by molar-refractivity contribution is -1.13. The van der Waals surface area contributed by atoms with E-state index in [0.29, 0.717) is 0 Å². The first-order chi connectivity index (χ1) is 5.94. The molecule has 13 heavy (non-hydrogen) atoms. The lowest BCUT2D eigenvalue weighted by Crippen LogP contribution is -2.50. The fraction of sp³-hybridized carbons (Fsp3) is 1.00. The maximum Gasteiger partial charge on any atom is 0.117 e. The van der Waals surface area contributed by atoms with Gasteiger partial charge in [0, 0.05) is 7.05 Å². The summed E-state index contributed by atoms with van der Waals surface area (Å²) in [7, 11) is 5.06. The summed E-state index contributed by atoms with van der Waals surface area (Å²) in [6.45, 7) is 4.02. The van der Waals surface area contributed by atoms with Crippen molar-refractivity contribution >= 4 is 0 Å². The Hall–Kier alpha value is -0.240. The quantitative estimate of drug-likeness (QED) is 0.494. The SMILES string of the molecule is CCC(C)[N+](C)(C)ON([O-])ONC. The Morgan fingerprint density at radius 1 is 1.54 bits per heavy atom. The molecular formula is C7H19N3O3. The third kappa shape index (κ3) is 4.51.